The molecule has 5 rings (SSSR count). The average molecular weight is 315 g/mol. The third-order valence-corrected chi connectivity index (χ3v) is 5.55. The highest BCUT2D eigenvalue weighted by molar-refractivity contribution is 7.13. The molecule has 0 radical (unpaired) electrons. The summed E-state index contributed by atoms with van der Waals surface area (Å²) in [4.78, 5) is 0. The molecule has 112 valence electrons. The quantitative estimate of drug-likeness (QED) is 0.779. The Balaban J connectivity index is 1.88. The van der Waals surface area contributed by atoms with E-state index in [0.29, 0.717) is 11.8 Å². The summed E-state index contributed by atoms with van der Waals surface area (Å²) in [7, 11) is 2.61. The highest BCUT2D eigenvalue weighted by Gasteiger charge is 2.36. The lowest BCUT2D eigenvalue weighted by atomic mass is 9.65. The van der Waals surface area contributed by atoms with Crippen LogP contribution in [0.5, 0.6) is 0 Å². The molecule has 0 aromatic heterocycles. The molecule has 2 aromatic rings. The van der Waals surface area contributed by atoms with Gasteiger partial charge in [0.1, 0.15) is 0 Å². The summed E-state index contributed by atoms with van der Waals surface area (Å²) < 4.78 is 0. The van der Waals surface area contributed by atoms with Crippen molar-refractivity contribution in [3.05, 3.63) is 89.1 Å². The minimum atomic E-state index is 0.460. The van der Waals surface area contributed by atoms with Crippen LogP contribution in [0.25, 0.3) is 16.3 Å². The van der Waals surface area contributed by atoms with Gasteiger partial charge in [-0.3, -0.25) is 5.09 Å². The van der Waals surface area contributed by atoms with Crippen LogP contribution in [0, 0.1) is 5.92 Å². The predicted octanol–water partition coefficient (Wildman–Crippen LogP) is 4.88. The molecule has 3 aliphatic carbocycles. The maximum atomic E-state index is 3.22. The molecular formula is C21H18NP. The molecule has 1 N–H and O–H groups in total. The third-order valence-electron chi connectivity index (χ3n) is 5.35. The monoisotopic (exact) mass is 315 g/mol. The minimum absolute atomic E-state index is 0.460. The smallest absolute Gasteiger partial charge is 0.0243 e. The van der Waals surface area contributed by atoms with Gasteiger partial charge in [0, 0.05) is 18.4 Å². The Morgan fingerprint density at radius 2 is 2.00 bits per heavy atom. The Labute approximate surface area is 138 Å². The van der Waals surface area contributed by atoms with Crippen LogP contribution in [0.4, 0.5) is 0 Å². The molecule has 2 aromatic carbocycles. The van der Waals surface area contributed by atoms with Gasteiger partial charge < -0.3 is 0 Å². The molecule has 0 spiro atoms. The van der Waals surface area contributed by atoms with Crippen LogP contribution in [-0.4, -0.2) is 0 Å². The Bertz CT molecular complexity index is 946. The van der Waals surface area contributed by atoms with Crippen molar-refractivity contribution in [2.45, 2.75) is 12.5 Å². The molecule has 0 aliphatic heterocycles. The Morgan fingerprint density at radius 1 is 1.04 bits per heavy atom. The molecule has 0 saturated carbocycles. The molecule has 0 fully saturated rings. The Morgan fingerprint density at radius 3 is 2.91 bits per heavy atom. The topological polar surface area (TPSA) is 12.0 Å². The first kappa shape index (κ1) is 13.5. The second-order valence-corrected chi connectivity index (χ2v) is 6.87. The zero-order chi connectivity index (χ0) is 15.4. The van der Waals surface area contributed by atoms with Crippen molar-refractivity contribution in [2.24, 2.45) is 5.92 Å². The van der Waals surface area contributed by atoms with E-state index < -0.39 is 0 Å². The number of rotatable bonds is 2. The fraction of sp³-hybridized carbons (Fsp3) is 0.143. The zero-order valence-corrected chi connectivity index (χ0v) is 13.9. The van der Waals surface area contributed by atoms with Crippen molar-refractivity contribution in [2.75, 3.05) is 0 Å². The van der Waals surface area contributed by atoms with Crippen LogP contribution < -0.4 is 5.09 Å². The SMILES string of the molecule is PNCc1ccc2c3c(cccc13)C1C=CC=C3C=CC=C2[C@H]31. The van der Waals surface area contributed by atoms with E-state index in [1.807, 2.05) is 0 Å². The van der Waals surface area contributed by atoms with E-state index in [2.05, 4.69) is 81.3 Å². The maximum Gasteiger partial charge on any atom is 0.0243 e. The molecule has 23 heavy (non-hydrogen) atoms. The number of fused-ring (bicyclic) bond motifs is 2. The van der Waals surface area contributed by atoms with E-state index in [1.165, 1.54) is 38.6 Å². The summed E-state index contributed by atoms with van der Waals surface area (Å²) in [5, 5.41) is 6.04. The largest absolute Gasteiger partial charge is 0.296 e. The summed E-state index contributed by atoms with van der Waals surface area (Å²) in [6.45, 7) is 0.874. The highest BCUT2D eigenvalue weighted by atomic mass is 31.0. The highest BCUT2D eigenvalue weighted by Crippen LogP contribution is 2.52. The first-order valence-corrected chi connectivity index (χ1v) is 8.71. The van der Waals surface area contributed by atoms with E-state index in [-0.39, 0.29) is 0 Å². The van der Waals surface area contributed by atoms with Gasteiger partial charge in [-0.1, -0.05) is 76.2 Å². The van der Waals surface area contributed by atoms with E-state index in [1.54, 1.807) is 0 Å². The van der Waals surface area contributed by atoms with Gasteiger partial charge in [-0.15, -0.1) is 0 Å². The van der Waals surface area contributed by atoms with Crippen LogP contribution in [0.1, 0.15) is 22.6 Å². The van der Waals surface area contributed by atoms with Crippen molar-refractivity contribution in [1.29, 1.82) is 0 Å². The molecular weight excluding hydrogens is 297 g/mol. The molecule has 0 saturated heterocycles. The van der Waals surface area contributed by atoms with Gasteiger partial charge in [0.25, 0.3) is 0 Å². The van der Waals surface area contributed by atoms with Gasteiger partial charge in [0.2, 0.25) is 0 Å². The minimum Gasteiger partial charge on any atom is -0.296 e. The predicted molar refractivity (Wildman–Crippen MR) is 101 cm³/mol. The zero-order valence-electron chi connectivity index (χ0n) is 12.8. The summed E-state index contributed by atoms with van der Waals surface area (Å²) in [5.41, 5.74) is 7.16. The maximum absolute atomic E-state index is 3.22. The molecule has 1 nitrogen and oxygen atoms in total. The first-order valence-electron chi connectivity index (χ1n) is 8.13. The fourth-order valence-electron chi connectivity index (χ4n) is 4.43. The van der Waals surface area contributed by atoms with Crippen LogP contribution in [-0.2, 0) is 6.54 Å². The Kier molecular flexibility index (Phi) is 2.95. The van der Waals surface area contributed by atoms with E-state index in [4.69, 9.17) is 0 Å². The lowest BCUT2D eigenvalue weighted by molar-refractivity contribution is 0.684. The second-order valence-electron chi connectivity index (χ2n) is 6.46. The van der Waals surface area contributed by atoms with E-state index in [0.717, 1.165) is 6.54 Å². The first-order chi connectivity index (χ1) is 11.4. The van der Waals surface area contributed by atoms with Crippen LogP contribution in [0.2, 0.25) is 0 Å². The van der Waals surface area contributed by atoms with Gasteiger partial charge in [0.05, 0.1) is 0 Å². The van der Waals surface area contributed by atoms with Crippen molar-refractivity contribution >= 4 is 25.7 Å². The number of allylic oxidation sites excluding steroid dienone is 8. The molecule has 3 aliphatic rings. The molecule has 0 bridgehead atoms. The fourth-order valence-corrected chi connectivity index (χ4v) is 4.65. The number of nitrogens with one attached hydrogen (secondary N) is 1. The van der Waals surface area contributed by atoms with Crippen LogP contribution in [0.3, 0.4) is 0 Å². The normalized spacial score (nSPS) is 23.5. The molecule has 0 heterocycles. The summed E-state index contributed by atoms with van der Waals surface area (Å²) in [6.07, 6.45) is 13.6. The van der Waals surface area contributed by atoms with Gasteiger partial charge in [-0.25, -0.2) is 0 Å². The molecule has 0 amide bonds. The lowest BCUT2D eigenvalue weighted by Gasteiger charge is -2.38. The molecule has 3 atom stereocenters. The van der Waals surface area contributed by atoms with E-state index >= 15 is 0 Å². The number of benzene rings is 2. The van der Waals surface area contributed by atoms with Crippen molar-refractivity contribution in [3.63, 3.8) is 0 Å². The third kappa shape index (κ3) is 1.81. The van der Waals surface area contributed by atoms with Crippen LogP contribution in [0.15, 0.2) is 72.4 Å². The van der Waals surface area contributed by atoms with Gasteiger partial charge in [-0.2, -0.15) is 0 Å². The average Bonchev–Trinajstić information content (AvgIpc) is 2.60. The van der Waals surface area contributed by atoms with Gasteiger partial charge in [0.15, 0.2) is 0 Å². The molecule has 2 unspecified atom stereocenters. The summed E-state index contributed by atoms with van der Waals surface area (Å²) in [6, 6.07) is 11.4. The van der Waals surface area contributed by atoms with Gasteiger partial charge in [-0.05, 0) is 38.6 Å². The van der Waals surface area contributed by atoms with Crippen molar-refractivity contribution in [3.8, 4) is 0 Å². The van der Waals surface area contributed by atoms with Crippen molar-refractivity contribution < 1.29 is 0 Å². The summed E-state index contributed by atoms with van der Waals surface area (Å²) in [5.74, 6) is 0.940. The van der Waals surface area contributed by atoms with Crippen molar-refractivity contribution in [1.82, 2.24) is 5.09 Å². The lowest BCUT2D eigenvalue weighted by Crippen LogP contribution is -2.23. The standard InChI is InChI=1S/C21H18NP/c23-22-12-14-10-11-19-17-8-2-5-13-4-1-7-16(20(13)17)18-9-3-6-15(14)21(18)19/h1-11,16,20,22H,12,23H2/t16?,20-/m1/s1. The van der Waals surface area contributed by atoms with E-state index in [9.17, 15) is 0 Å². The number of hydrogen-bond acceptors (Lipinski definition) is 1. The van der Waals surface area contributed by atoms with Crippen LogP contribution >= 0.6 is 9.39 Å². The number of hydrogen-bond donors (Lipinski definition) is 1. The summed E-state index contributed by atoms with van der Waals surface area (Å²) >= 11 is 0. The second kappa shape index (κ2) is 5.03. The van der Waals surface area contributed by atoms with Gasteiger partial charge >= 0.3 is 0 Å². The Hall–Kier alpha value is -1.95. The molecule has 2 heteroatoms.